The Morgan fingerprint density at radius 2 is 1.95 bits per heavy atom. The second kappa shape index (κ2) is 5.98. The summed E-state index contributed by atoms with van der Waals surface area (Å²) in [7, 11) is -3.44. The van der Waals surface area contributed by atoms with Crippen molar-refractivity contribution in [3.05, 3.63) is 29.6 Å². The second-order valence-corrected chi connectivity index (χ2v) is 7.80. The molecule has 0 aliphatic rings. The third-order valence-electron chi connectivity index (χ3n) is 2.64. The fourth-order valence-corrected chi connectivity index (χ4v) is 3.10. The first kappa shape index (κ1) is 16.1. The zero-order valence-electron chi connectivity index (χ0n) is 11.5. The Morgan fingerprint density at radius 1 is 1.32 bits per heavy atom. The van der Waals surface area contributed by atoms with E-state index in [1.54, 1.807) is 12.3 Å². The fraction of sp³-hybridized carbons (Fsp3) is 0.615. The third kappa shape index (κ3) is 5.26. The molecule has 0 amide bonds. The molecule has 0 spiro atoms. The lowest BCUT2D eigenvalue weighted by Crippen LogP contribution is -2.25. The van der Waals surface area contributed by atoms with E-state index in [2.05, 4.69) is 4.98 Å². The molecule has 0 saturated heterocycles. The Morgan fingerprint density at radius 3 is 2.37 bits per heavy atom. The minimum absolute atomic E-state index is 0.0789. The molecule has 0 bridgehead atoms. The zero-order chi connectivity index (χ0) is 14.7. The molecular formula is C13H21NO4S. The maximum Gasteiger partial charge on any atom is 0.157 e. The number of sulfone groups is 1. The van der Waals surface area contributed by atoms with Gasteiger partial charge in [0, 0.05) is 17.3 Å². The first-order valence-corrected chi connectivity index (χ1v) is 7.91. The summed E-state index contributed by atoms with van der Waals surface area (Å²) in [5.74, 6) is -0.619. The van der Waals surface area contributed by atoms with E-state index in [0.29, 0.717) is 5.56 Å². The van der Waals surface area contributed by atoms with Crippen molar-refractivity contribution in [3.8, 4) is 0 Å². The number of hydrogen-bond donors (Lipinski definition) is 2. The number of nitrogens with zero attached hydrogens (tertiary/aromatic N) is 1. The van der Waals surface area contributed by atoms with Crippen LogP contribution in [0, 0.1) is 0 Å². The van der Waals surface area contributed by atoms with Crippen LogP contribution in [-0.4, -0.2) is 42.1 Å². The van der Waals surface area contributed by atoms with Crippen molar-refractivity contribution >= 4 is 9.84 Å². The average molecular weight is 287 g/mol. The Hall–Kier alpha value is -0.980. The van der Waals surface area contributed by atoms with Crippen LogP contribution in [0.15, 0.2) is 18.3 Å². The maximum atomic E-state index is 11.8. The molecule has 0 saturated carbocycles. The van der Waals surface area contributed by atoms with E-state index >= 15 is 0 Å². The van der Waals surface area contributed by atoms with Gasteiger partial charge >= 0.3 is 0 Å². The minimum atomic E-state index is -3.44. The van der Waals surface area contributed by atoms with Crippen molar-refractivity contribution < 1.29 is 18.6 Å². The predicted molar refractivity (Wildman–Crippen MR) is 73.5 cm³/mol. The van der Waals surface area contributed by atoms with E-state index in [1.165, 1.54) is 0 Å². The molecule has 1 atom stereocenters. The van der Waals surface area contributed by atoms with Gasteiger partial charge < -0.3 is 10.2 Å². The van der Waals surface area contributed by atoms with Crippen LogP contribution in [0.2, 0.25) is 0 Å². The van der Waals surface area contributed by atoms with Gasteiger partial charge in [-0.25, -0.2) is 8.42 Å². The second-order valence-electron chi connectivity index (χ2n) is 5.69. The molecule has 0 aliphatic carbocycles. The Labute approximate surface area is 114 Å². The van der Waals surface area contributed by atoms with Crippen LogP contribution in [0.5, 0.6) is 0 Å². The Bertz CT molecular complexity index is 502. The largest absolute Gasteiger partial charge is 0.394 e. The maximum absolute atomic E-state index is 11.8. The monoisotopic (exact) mass is 287 g/mol. The Kier molecular flexibility index (Phi) is 5.06. The molecule has 108 valence electrons. The number of aliphatic hydroxyl groups excluding tert-OH is 2. The number of aliphatic hydroxyl groups is 2. The van der Waals surface area contributed by atoms with Gasteiger partial charge in [-0.15, -0.1) is 0 Å². The van der Waals surface area contributed by atoms with E-state index in [9.17, 15) is 13.5 Å². The highest BCUT2D eigenvalue weighted by Crippen LogP contribution is 2.20. The van der Waals surface area contributed by atoms with Gasteiger partial charge in [0.05, 0.1) is 24.2 Å². The lowest BCUT2D eigenvalue weighted by molar-refractivity contribution is 0.112. The molecule has 0 radical (unpaired) electrons. The molecular weight excluding hydrogens is 266 g/mol. The van der Waals surface area contributed by atoms with Crippen LogP contribution in [0.4, 0.5) is 0 Å². The van der Waals surface area contributed by atoms with Crippen LogP contribution in [0.25, 0.3) is 0 Å². The van der Waals surface area contributed by atoms with Crippen LogP contribution < -0.4 is 0 Å². The normalized spacial score (nSPS) is 14.4. The standard InChI is InChI=1S/C13H21NO4S/c1-13(2,3)12-5-4-10(6-14-12)8-19(17,18)9-11(16)7-15/h4-6,11,15-16H,7-9H2,1-3H3. The Balaban J connectivity index is 2.78. The summed E-state index contributed by atoms with van der Waals surface area (Å²) in [6.45, 7) is 5.54. The number of hydrogen-bond acceptors (Lipinski definition) is 5. The molecule has 6 heteroatoms. The van der Waals surface area contributed by atoms with E-state index in [1.807, 2.05) is 26.8 Å². The van der Waals surface area contributed by atoms with Crippen molar-refractivity contribution in [1.82, 2.24) is 4.98 Å². The van der Waals surface area contributed by atoms with Gasteiger partial charge in [-0.3, -0.25) is 4.98 Å². The van der Waals surface area contributed by atoms with E-state index in [4.69, 9.17) is 5.11 Å². The van der Waals surface area contributed by atoms with Crippen LogP contribution >= 0.6 is 0 Å². The minimum Gasteiger partial charge on any atom is -0.394 e. The zero-order valence-corrected chi connectivity index (χ0v) is 12.3. The van der Waals surface area contributed by atoms with Gasteiger partial charge in [-0.2, -0.15) is 0 Å². The van der Waals surface area contributed by atoms with Crippen molar-refractivity contribution in [2.45, 2.75) is 38.0 Å². The van der Waals surface area contributed by atoms with Gasteiger partial charge in [-0.05, 0) is 11.6 Å². The number of rotatable bonds is 5. The first-order chi connectivity index (χ1) is 8.64. The summed E-state index contributed by atoms with van der Waals surface area (Å²) in [5, 5.41) is 17.8. The lowest BCUT2D eigenvalue weighted by atomic mass is 9.91. The summed E-state index contributed by atoms with van der Waals surface area (Å²) < 4.78 is 23.5. The molecule has 1 heterocycles. The molecule has 19 heavy (non-hydrogen) atoms. The van der Waals surface area contributed by atoms with E-state index < -0.39 is 28.3 Å². The van der Waals surface area contributed by atoms with Gasteiger partial charge in [0.2, 0.25) is 0 Å². The van der Waals surface area contributed by atoms with Gasteiger partial charge in [0.1, 0.15) is 0 Å². The third-order valence-corrected chi connectivity index (χ3v) is 4.30. The average Bonchev–Trinajstić information content (AvgIpc) is 2.27. The highest BCUT2D eigenvalue weighted by Gasteiger charge is 2.19. The summed E-state index contributed by atoms with van der Waals surface area (Å²) in [5.41, 5.74) is 1.40. The van der Waals surface area contributed by atoms with Gasteiger partial charge in [0.15, 0.2) is 9.84 Å². The topological polar surface area (TPSA) is 87.5 Å². The van der Waals surface area contributed by atoms with E-state index in [-0.39, 0.29) is 11.2 Å². The summed E-state index contributed by atoms with van der Waals surface area (Å²) >= 11 is 0. The SMILES string of the molecule is CC(C)(C)c1ccc(CS(=O)(=O)CC(O)CO)cn1. The van der Waals surface area contributed by atoms with Gasteiger partial charge in [-0.1, -0.05) is 26.8 Å². The molecule has 2 N–H and O–H groups in total. The lowest BCUT2D eigenvalue weighted by Gasteiger charge is -2.17. The molecule has 1 rings (SSSR count). The molecule has 5 nitrogen and oxygen atoms in total. The molecule has 1 unspecified atom stereocenters. The number of aromatic nitrogens is 1. The summed E-state index contributed by atoms with van der Waals surface area (Å²) in [6.07, 6.45) is 0.315. The molecule has 0 aromatic carbocycles. The van der Waals surface area contributed by atoms with Crippen molar-refractivity contribution in [1.29, 1.82) is 0 Å². The van der Waals surface area contributed by atoms with E-state index in [0.717, 1.165) is 5.69 Å². The fourth-order valence-electron chi connectivity index (χ4n) is 1.61. The van der Waals surface area contributed by atoms with Gasteiger partial charge in [0.25, 0.3) is 0 Å². The quantitative estimate of drug-likeness (QED) is 0.830. The van der Waals surface area contributed by atoms with Crippen molar-refractivity contribution in [2.24, 2.45) is 0 Å². The first-order valence-electron chi connectivity index (χ1n) is 6.09. The number of pyridine rings is 1. The summed E-state index contributed by atoms with van der Waals surface area (Å²) in [4.78, 5) is 4.26. The highest BCUT2D eigenvalue weighted by atomic mass is 32.2. The van der Waals surface area contributed by atoms with Crippen LogP contribution in [0.3, 0.4) is 0 Å². The molecule has 0 fully saturated rings. The van der Waals surface area contributed by atoms with Crippen LogP contribution in [-0.2, 0) is 21.0 Å². The highest BCUT2D eigenvalue weighted by molar-refractivity contribution is 7.90. The predicted octanol–water partition coefficient (Wildman–Crippen LogP) is 0.647. The summed E-state index contributed by atoms with van der Waals surface area (Å²) in [6, 6.07) is 3.55. The molecule has 0 aliphatic heterocycles. The van der Waals surface area contributed by atoms with Crippen molar-refractivity contribution in [2.75, 3.05) is 12.4 Å². The smallest absolute Gasteiger partial charge is 0.157 e. The molecule has 1 aromatic rings. The van der Waals surface area contributed by atoms with Crippen molar-refractivity contribution in [3.63, 3.8) is 0 Å². The molecule has 1 aromatic heterocycles. The van der Waals surface area contributed by atoms with Crippen LogP contribution in [0.1, 0.15) is 32.0 Å².